The van der Waals surface area contributed by atoms with E-state index in [-0.39, 0.29) is 0 Å². The molecule has 2 rings (SSSR count). The number of hydrogen-bond donors (Lipinski definition) is 3. The molecular weight excluding hydrogens is 174 g/mol. The Balaban J connectivity index is 2.55. The number of nitrogens with two attached hydrogens (primary N) is 1. The summed E-state index contributed by atoms with van der Waals surface area (Å²) in [6.07, 6.45) is 1.96. The van der Waals surface area contributed by atoms with Crippen molar-refractivity contribution >= 4 is 29.2 Å². The van der Waals surface area contributed by atoms with Gasteiger partial charge in [-0.25, -0.2) is 4.98 Å². The minimum absolute atomic E-state index is 0.314. The minimum atomic E-state index is 0.314. The van der Waals surface area contributed by atoms with Crippen molar-refractivity contribution in [3.05, 3.63) is 0 Å². The number of thioether (sulfide) groups is 1. The predicted molar refractivity (Wildman–Crippen MR) is 50.3 cm³/mol. The van der Waals surface area contributed by atoms with Crippen LogP contribution in [0.25, 0.3) is 0 Å². The molecule has 0 spiro atoms. The largest absolute Gasteiger partial charge is 0.368 e. The molecule has 0 saturated heterocycles. The topological polar surface area (TPSA) is 75.9 Å². The summed E-state index contributed by atoms with van der Waals surface area (Å²) in [5.74, 6) is 1.11. The summed E-state index contributed by atoms with van der Waals surface area (Å²) in [7, 11) is 0. The molecule has 0 amide bonds. The summed E-state index contributed by atoms with van der Waals surface area (Å²) in [6, 6.07) is 0. The summed E-state index contributed by atoms with van der Waals surface area (Å²) < 4.78 is 0. The Kier molecular flexibility index (Phi) is 1.69. The van der Waals surface area contributed by atoms with Gasteiger partial charge in [-0.15, -0.1) is 11.8 Å². The average molecular weight is 183 g/mol. The Labute approximate surface area is 74.2 Å². The lowest BCUT2D eigenvalue weighted by atomic mass is 10.5. The van der Waals surface area contributed by atoms with E-state index >= 15 is 0 Å². The monoisotopic (exact) mass is 183 g/mol. The van der Waals surface area contributed by atoms with Crippen molar-refractivity contribution in [2.24, 2.45) is 0 Å². The van der Waals surface area contributed by atoms with Gasteiger partial charge >= 0.3 is 0 Å². The van der Waals surface area contributed by atoms with Crippen molar-refractivity contribution in [3.8, 4) is 0 Å². The third kappa shape index (κ3) is 1.04. The number of aromatic nitrogens is 2. The summed E-state index contributed by atoms with van der Waals surface area (Å²) in [5.41, 5.74) is 6.46. The molecule has 0 saturated carbocycles. The zero-order valence-corrected chi connectivity index (χ0v) is 7.40. The van der Waals surface area contributed by atoms with E-state index in [9.17, 15) is 0 Å². The van der Waals surface area contributed by atoms with Crippen LogP contribution in [0.5, 0.6) is 0 Å². The highest BCUT2D eigenvalue weighted by molar-refractivity contribution is 7.98. The highest BCUT2D eigenvalue weighted by Gasteiger charge is 2.16. The first-order valence-electron chi connectivity index (χ1n) is 3.50. The molecule has 12 heavy (non-hydrogen) atoms. The maximum absolute atomic E-state index is 5.50. The van der Waals surface area contributed by atoms with Gasteiger partial charge in [-0.3, -0.25) is 0 Å². The molecule has 64 valence electrons. The highest BCUT2D eigenvalue weighted by Crippen LogP contribution is 2.32. The summed E-state index contributed by atoms with van der Waals surface area (Å²) in [5, 5.41) is 7.09. The van der Waals surface area contributed by atoms with E-state index in [4.69, 9.17) is 5.73 Å². The van der Waals surface area contributed by atoms with Gasteiger partial charge in [-0.05, 0) is 6.26 Å². The van der Waals surface area contributed by atoms with E-state index in [0.717, 1.165) is 16.5 Å². The number of anilines is 3. The fourth-order valence-electron chi connectivity index (χ4n) is 1.11. The molecule has 0 fully saturated rings. The molecule has 0 unspecified atom stereocenters. The lowest BCUT2D eigenvalue weighted by molar-refractivity contribution is 1.09. The maximum Gasteiger partial charge on any atom is 0.223 e. The first-order valence-corrected chi connectivity index (χ1v) is 4.73. The molecule has 5 nitrogen and oxygen atoms in total. The maximum atomic E-state index is 5.50. The number of hydrogen-bond acceptors (Lipinski definition) is 6. The first kappa shape index (κ1) is 7.48. The lowest BCUT2D eigenvalue weighted by Gasteiger charge is -2.03. The number of nitrogen functional groups attached to an aromatic ring is 1. The molecule has 2 heterocycles. The van der Waals surface area contributed by atoms with Crippen LogP contribution in [0.2, 0.25) is 0 Å². The standard InChI is InChI=1S/C6H9N5S/c1-12-5-3-4(9-2-8-3)10-6(7)11-5/h8H,2H2,1H3,(H3,7,9,10,11). The molecule has 0 aromatic carbocycles. The molecule has 1 aliphatic rings. The van der Waals surface area contributed by atoms with Gasteiger partial charge in [0, 0.05) is 0 Å². The van der Waals surface area contributed by atoms with Crippen molar-refractivity contribution in [1.82, 2.24) is 9.97 Å². The fraction of sp³-hybridized carbons (Fsp3) is 0.333. The Morgan fingerprint density at radius 3 is 3.00 bits per heavy atom. The van der Waals surface area contributed by atoms with Crippen LogP contribution in [-0.2, 0) is 0 Å². The third-order valence-electron chi connectivity index (χ3n) is 1.61. The molecule has 1 aromatic rings. The van der Waals surface area contributed by atoms with Gasteiger partial charge in [-0.1, -0.05) is 0 Å². The van der Waals surface area contributed by atoms with E-state index in [1.807, 2.05) is 6.26 Å². The van der Waals surface area contributed by atoms with E-state index < -0.39 is 0 Å². The first-order chi connectivity index (χ1) is 5.81. The van der Waals surface area contributed by atoms with Crippen molar-refractivity contribution in [2.75, 3.05) is 29.3 Å². The predicted octanol–water partition coefficient (Wildman–Crippen LogP) is 0.576. The van der Waals surface area contributed by atoms with Crippen LogP contribution in [0.15, 0.2) is 5.03 Å². The van der Waals surface area contributed by atoms with Gasteiger partial charge in [0.25, 0.3) is 0 Å². The molecule has 0 bridgehead atoms. The second-order valence-corrected chi connectivity index (χ2v) is 3.14. The molecule has 1 aliphatic heterocycles. The second-order valence-electron chi connectivity index (χ2n) is 2.35. The molecule has 0 atom stereocenters. The highest BCUT2D eigenvalue weighted by atomic mass is 32.2. The van der Waals surface area contributed by atoms with Crippen LogP contribution in [0, 0.1) is 0 Å². The van der Waals surface area contributed by atoms with Gasteiger partial charge in [0.1, 0.15) is 10.7 Å². The van der Waals surface area contributed by atoms with Gasteiger partial charge in [0.15, 0.2) is 5.82 Å². The van der Waals surface area contributed by atoms with Crippen LogP contribution >= 0.6 is 11.8 Å². The van der Waals surface area contributed by atoms with Gasteiger partial charge < -0.3 is 16.4 Å². The Morgan fingerprint density at radius 2 is 2.25 bits per heavy atom. The molecule has 4 N–H and O–H groups in total. The van der Waals surface area contributed by atoms with Gasteiger partial charge in [0.2, 0.25) is 5.95 Å². The summed E-state index contributed by atoms with van der Waals surface area (Å²) in [4.78, 5) is 8.13. The smallest absolute Gasteiger partial charge is 0.223 e. The zero-order chi connectivity index (χ0) is 8.55. The van der Waals surface area contributed by atoms with Crippen molar-refractivity contribution < 1.29 is 0 Å². The molecular formula is C6H9N5S. The van der Waals surface area contributed by atoms with Crippen molar-refractivity contribution in [3.63, 3.8) is 0 Å². The van der Waals surface area contributed by atoms with E-state index in [1.54, 1.807) is 11.8 Å². The normalized spacial score (nSPS) is 13.4. The Bertz CT molecular complexity index is 313. The zero-order valence-electron chi connectivity index (χ0n) is 6.59. The SMILES string of the molecule is CSc1nc(N)nc2c1NCN2. The Hall–Kier alpha value is -1.17. The van der Waals surface area contributed by atoms with Crippen LogP contribution < -0.4 is 16.4 Å². The fourth-order valence-corrected chi connectivity index (χ4v) is 1.67. The van der Waals surface area contributed by atoms with Gasteiger partial charge in [0.05, 0.1) is 6.67 Å². The summed E-state index contributed by atoms with van der Waals surface area (Å²) >= 11 is 1.55. The van der Waals surface area contributed by atoms with E-state index in [0.29, 0.717) is 12.6 Å². The van der Waals surface area contributed by atoms with E-state index in [2.05, 4.69) is 20.6 Å². The third-order valence-corrected chi connectivity index (χ3v) is 2.29. The quantitative estimate of drug-likeness (QED) is 0.436. The number of nitrogens with zero attached hydrogens (tertiary/aromatic N) is 2. The molecule has 0 aliphatic carbocycles. The minimum Gasteiger partial charge on any atom is -0.368 e. The van der Waals surface area contributed by atoms with Crippen LogP contribution in [0.4, 0.5) is 17.5 Å². The van der Waals surface area contributed by atoms with Crippen molar-refractivity contribution in [1.29, 1.82) is 0 Å². The average Bonchev–Trinajstić information content (AvgIpc) is 2.50. The number of rotatable bonds is 1. The summed E-state index contributed by atoms with van der Waals surface area (Å²) in [6.45, 7) is 0.695. The van der Waals surface area contributed by atoms with E-state index in [1.165, 1.54) is 0 Å². The molecule has 6 heteroatoms. The Morgan fingerprint density at radius 1 is 1.42 bits per heavy atom. The van der Waals surface area contributed by atoms with Crippen LogP contribution in [0.3, 0.4) is 0 Å². The van der Waals surface area contributed by atoms with Crippen LogP contribution in [-0.4, -0.2) is 22.9 Å². The molecule has 1 aromatic heterocycles. The van der Waals surface area contributed by atoms with Crippen molar-refractivity contribution in [2.45, 2.75) is 5.03 Å². The number of fused-ring (bicyclic) bond motifs is 1. The molecule has 0 radical (unpaired) electrons. The number of nitrogens with one attached hydrogen (secondary N) is 2. The van der Waals surface area contributed by atoms with Crippen LogP contribution in [0.1, 0.15) is 0 Å². The second kappa shape index (κ2) is 2.71. The lowest BCUT2D eigenvalue weighted by Crippen LogP contribution is -1.99. The van der Waals surface area contributed by atoms with Gasteiger partial charge in [-0.2, -0.15) is 4.98 Å².